The zero-order valence-electron chi connectivity index (χ0n) is 23.2. The Kier molecular flexibility index (Phi) is 8.51. The molecule has 6 atom stereocenters. The number of halogens is 6. The van der Waals surface area contributed by atoms with E-state index in [1.165, 1.54) is 25.7 Å². The van der Waals surface area contributed by atoms with E-state index in [1.807, 2.05) is 25.2 Å². The largest absolute Gasteiger partial charge is 0.421 e. The van der Waals surface area contributed by atoms with Gasteiger partial charge < -0.3 is 20.9 Å². The van der Waals surface area contributed by atoms with Gasteiger partial charge in [0.1, 0.15) is 23.7 Å². The average Bonchev–Trinajstić information content (AvgIpc) is 3.16. The summed E-state index contributed by atoms with van der Waals surface area (Å²) < 4.78 is 77.8. The number of nitriles is 1. The molecule has 3 N–H and O–H groups in total. The van der Waals surface area contributed by atoms with Crippen LogP contribution in [-0.4, -0.2) is 72.1 Å². The molecule has 2 aliphatic heterocycles. The average molecular weight is 594 g/mol. The van der Waals surface area contributed by atoms with Gasteiger partial charge in [-0.2, -0.15) is 31.6 Å². The van der Waals surface area contributed by atoms with Crippen LogP contribution >= 0.6 is 0 Å². The van der Waals surface area contributed by atoms with Gasteiger partial charge in [-0.05, 0) is 35.5 Å². The number of likely N-dealkylation sites (tertiary alicyclic amines) is 1. The molecule has 3 rings (SSSR count). The fourth-order valence-electron chi connectivity index (χ4n) is 5.82. The first kappa shape index (κ1) is 32.2. The Morgan fingerprint density at radius 1 is 1.12 bits per heavy atom. The number of carbonyl (C=O) groups is 4. The second kappa shape index (κ2) is 10.8. The molecule has 1 saturated carbocycles. The minimum atomic E-state index is -5.86. The Labute approximate surface area is 233 Å². The standard InChI is InChI=1S/C26H33F6N5O4/c1-23(2,3)19(36-16(38)9-15(25(27,28)29)26(30,31)32)22(41)37-11-14-17(24(14,4)5)18(37)21(40)35-13(10-33)8-12-6-7-34-20(12)39/h9,12-14,17-19H,6-8,11H2,1-5H3,(H,34,39)(H,35,40)(H,36,38)/t12-,13-,14-,17-,18-,19+/m0/s1. The van der Waals surface area contributed by atoms with Crippen molar-refractivity contribution in [3.05, 3.63) is 11.6 Å². The minimum Gasteiger partial charge on any atom is -0.356 e. The van der Waals surface area contributed by atoms with Crippen LogP contribution in [-0.2, 0) is 19.2 Å². The Morgan fingerprint density at radius 2 is 1.71 bits per heavy atom. The van der Waals surface area contributed by atoms with E-state index in [-0.39, 0.29) is 36.1 Å². The highest BCUT2D eigenvalue weighted by molar-refractivity contribution is 5.96. The smallest absolute Gasteiger partial charge is 0.356 e. The number of amides is 4. The summed E-state index contributed by atoms with van der Waals surface area (Å²) in [6, 6.07) is -1.78. The highest BCUT2D eigenvalue weighted by atomic mass is 19.4. The molecule has 228 valence electrons. The molecule has 0 aromatic carbocycles. The van der Waals surface area contributed by atoms with E-state index < -0.39 is 71.2 Å². The number of hydrogen-bond donors (Lipinski definition) is 3. The van der Waals surface area contributed by atoms with Crippen molar-refractivity contribution < 1.29 is 45.5 Å². The van der Waals surface area contributed by atoms with E-state index in [4.69, 9.17) is 0 Å². The van der Waals surface area contributed by atoms with Crippen LogP contribution in [0.1, 0.15) is 47.5 Å². The molecule has 3 aliphatic rings. The number of hydrogen-bond acceptors (Lipinski definition) is 5. The zero-order valence-corrected chi connectivity index (χ0v) is 23.2. The maximum atomic E-state index is 13.7. The highest BCUT2D eigenvalue weighted by Gasteiger charge is 2.70. The van der Waals surface area contributed by atoms with Crippen LogP contribution < -0.4 is 16.0 Å². The van der Waals surface area contributed by atoms with E-state index >= 15 is 0 Å². The molecule has 2 heterocycles. The predicted molar refractivity (Wildman–Crippen MR) is 131 cm³/mol. The summed E-state index contributed by atoms with van der Waals surface area (Å²) in [6.07, 6.45) is -11.8. The first-order valence-electron chi connectivity index (χ1n) is 13.1. The van der Waals surface area contributed by atoms with Gasteiger partial charge in [-0.25, -0.2) is 0 Å². The molecular formula is C26H33F6N5O4. The fourth-order valence-corrected chi connectivity index (χ4v) is 5.82. The van der Waals surface area contributed by atoms with Gasteiger partial charge in [0.15, 0.2) is 0 Å². The predicted octanol–water partition coefficient (Wildman–Crippen LogP) is 2.59. The number of fused-ring (bicyclic) bond motifs is 1. The van der Waals surface area contributed by atoms with Crippen LogP contribution in [0.25, 0.3) is 0 Å². The minimum absolute atomic E-state index is 0.0555. The fraction of sp³-hybridized carbons (Fsp3) is 0.731. The molecule has 41 heavy (non-hydrogen) atoms. The van der Waals surface area contributed by atoms with Gasteiger partial charge in [0.25, 0.3) is 0 Å². The Morgan fingerprint density at radius 3 is 2.17 bits per heavy atom. The van der Waals surface area contributed by atoms with Gasteiger partial charge in [-0.15, -0.1) is 0 Å². The molecule has 0 bridgehead atoms. The van der Waals surface area contributed by atoms with Gasteiger partial charge >= 0.3 is 12.4 Å². The monoisotopic (exact) mass is 593 g/mol. The first-order chi connectivity index (χ1) is 18.6. The normalized spacial score (nSPS) is 26.7. The summed E-state index contributed by atoms with van der Waals surface area (Å²) in [4.78, 5) is 52.7. The maximum absolute atomic E-state index is 13.7. The molecule has 2 saturated heterocycles. The van der Waals surface area contributed by atoms with Crippen LogP contribution in [0.4, 0.5) is 26.3 Å². The van der Waals surface area contributed by atoms with Crippen LogP contribution in [0.5, 0.6) is 0 Å². The van der Waals surface area contributed by atoms with Gasteiger partial charge in [-0.1, -0.05) is 34.6 Å². The summed E-state index contributed by atoms with van der Waals surface area (Å²) in [5.41, 5.74) is -4.56. The third-order valence-corrected chi connectivity index (χ3v) is 8.20. The van der Waals surface area contributed by atoms with Crippen molar-refractivity contribution in [3.8, 4) is 6.07 Å². The number of allylic oxidation sites excluding steroid dienone is 1. The molecule has 3 fully saturated rings. The van der Waals surface area contributed by atoms with Crippen LogP contribution in [0.15, 0.2) is 11.6 Å². The van der Waals surface area contributed by atoms with E-state index in [2.05, 4.69) is 10.6 Å². The molecule has 0 aromatic rings. The lowest BCUT2D eigenvalue weighted by atomic mass is 9.85. The van der Waals surface area contributed by atoms with E-state index in [0.717, 1.165) is 0 Å². The molecular weight excluding hydrogens is 560 g/mol. The summed E-state index contributed by atoms with van der Waals surface area (Å²) in [5, 5.41) is 16.8. The second-order valence-electron chi connectivity index (χ2n) is 12.5. The van der Waals surface area contributed by atoms with Crippen molar-refractivity contribution in [1.82, 2.24) is 20.9 Å². The quantitative estimate of drug-likeness (QED) is 0.309. The third-order valence-electron chi connectivity index (χ3n) is 8.20. The molecule has 0 spiro atoms. The van der Waals surface area contributed by atoms with Crippen LogP contribution in [0, 0.1) is 39.9 Å². The number of nitrogens with one attached hydrogen (secondary N) is 3. The Balaban J connectivity index is 1.85. The molecule has 0 radical (unpaired) electrons. The van der Waals surface area contributed by atoms with Crippen molar-refractivity contribution in [1.29, 1.82) is 5.26 Å². The van der Waals surface area contributed by atoms with Crippen molar-refractivity contribution in [2.24, 2.45) is 28.6 Å². The molecule has 15 heteroatoms. The lowest BCUT2D eigenvalue weighted by Gasteiger charge is -2.37. The lowest BCUT2D eigenvalue weighted by molar-refractivity contribution is -0.173. The van der Waals surface area contributed by atoms with Crippen LogP contribution in [0.3, 0.4) is 0 Å². The SMILES string of the molecule is CC(C)(C)[C@H](NC(=O)C=C(C(F)(F)F)C(F)(F)F)C(=O)N1C[C@H]2[C@@H]([C@H]1C(=O)N[C@H](C#N)C[C@@H]1CCNC1=O)C2(C)C. The van der Waals surface area contributed by atoms with Crippen molar-refractivity contribution in [3.63, 3.8) is 0 Å². The van der Waals surface area contributed by atoms with E-state index in [1.54, 1.807) is 0 Å². The maximum Gasteiger partial charge on any atom is 0.421 e. The topological polar surface area (TPSA) is 131 Å². The Hall–Kier alpha value is -3.31. The van der Waals surface area contributed by atoms with Gasteiger partial charge in [0.2, 0.25) is 23.6 Å². The first-order valence-corrected chi connectivity index (χ1v) is 13.1. The summed E-state index contributed by atoms with van der Waals surface area (Å²) in [7, 11) is 0. The van der Waals surface area contributed by atoms with E-state index in [9.17, 15) is 50.8 Å². The van der Waals surface area contributed by atoms with E-state index in [0.29, 0.717) is 13.0 Å². The summed E-state index contributed by atoms with van der Waals surface area (Å²) >= 11 is 0. The van der Waals surface area contributed by atoms with Gasteiger partial charge in [0.05, 0.1) is 6.07 Å². The second-order valence-corrected chi connectivity index (χ2v) is 12.5. The molecule has 9 nitrogen and oxygen atoms in total. The number of piperidine rings is 1. The number of alkyl halides is 6. The third kappa shape index (κ3) is 6.78. The number of carbonyl (C=O) groups excluding carboxylic acids is 4. The number of nitrogens with zero attached hydrogens (tertiary/aromatic N) is 2. The van der Waals surface area contributed by atoms with Crippen molar-refractivity contribution in [2.45, 2.75) is 77.9 Å². The summed E-state index contributed by atoms with van der Waals surface area (Å²) in [5.74, 6) is -4.48. The molecule has 0 unspecified atom stereocenters. The molecule has 1 aliphatic carbocycles. The van der Waals surface area contributed by atoms with Crippen LogP contribution in [0.2, 0.25) is 0 Å². The number of rotatable bonds is 7. The molecule has 4 amide bonds. The van der Waals surface area contributed by atoms with Gasteiger partial charge in [0, 0.05) is 25.1 Å². The lowest BCUT2D eigenvalue weighted by Crippen LogP contribution is -2.59. The summed E-state index contributed by atoms with van der Waals surface area (Å²) in [6.45, 7) is 8.66. The Bertz CT molecular complexity index is 1150. The molecule has 0 aromatic heterocycles. The zero-order chi connectivity index (χ0) is 31.3. The van der Waals surface area contributed by atoms with Gasteiger partial charge in [-0.3, -0.25) is 19.2 Å². The van der Waals surface area contributed by atoms with Crippen molar-refractivity contribution in [2.75, 3.05) is 13.1 Å². The van der Waals surface area contributed by atoms with Crippen molar-refractivity contribution >= 4 is 23.6 Å². The highest BCUT2D eigenvalue weighted by Crippen LogP contribution is 2.65.